The number of aliphatic hydroxyl groups is 1. The Morgan fingerprint density at radius 2 is 1.67 bits per heavy atom. The maximum atomic E-state index is 13.5. The van der Waals surface area contributed by atoms with E-state index in [1.807, 2.05) is 73.6 Å². The van der Waals surface area contributed by atoms with Gasteiger partial charge < -0.3 is 19.5 Å². The van der Waals surface area contributed by atoms with Crippen LogP contribution in [0.5, 0.6) is 11.5 Å². The molecule has 0 saturated carbocycles. The Morgan fingerprint density at radius 1 is 0.972 bits per heavy atom. The van der Waals surface area contributed by atoms with E-state index < -0.39 is 17.7 Å². The molecule has 36 heavy (non-hydrogen) atoms. The number of carbonyl (C=O) groups excluding carboxylic acids is 2. The van der Waals surface area contributed by atoms with Crippen molar-refractivity contribution in [3.8, 4) is 11.5 Å². The number of aryl methyl sites for hydroxylation is 1. The monoisotopic (exact) mass is 484 g/mol. The third-order valence-corrected chi connectivity index (χ3v) is 6.52. The Kier molecular flexibility index (Phi) is 6.38. The fraction of sp³-hybridized carbons (Fsp3) is 0.241. The SMILES string of the molecule is CN(C)c1ccc(C2C(C(=O)CCc3ccccc3)=C(O)C(=O)N2c2ccc3c(c2)OCCO3)cc1. The predicted molar refractivity (Wildman–Crippen MR) is 138 cm³/mol. The summed E-state index contributed by atoms with van der Waals surface area (Å²) in [5, 5.41) is 11.0. The van der Waals surface area contributed by atoms with Crippen molar-refractivity contribution in [3.05, 3.63) is 95.3 Å². The molecule has 5 rings (SSSR count). The Balaban J connectivity index is 1.53. The highest BCUT2D eigenvalue weighted by Gasteiger charge is 2.44. The molecule has 0 fully saturated rings. The Bertz CT molecular complexity index is 1320. The lowest BCUT2D eigenvalue weighted by Gasteiger charge is -2.28. The molecule has 2 aliphatic heterocycles. The number of fused-ring (bicyclic) bond motifs is 1. The van der Waals surface area contributed by atoms with E-state index in [-0.39, 0.29) is 17.8 Å². The third-order valence-electron chi connectivity index (χ3n) is 6.52. The van der Waals surface area contributed by atoms with Crippen LogP contribution in [0.2, 0.25) is 0 Å². The number of nitrogens with zero attached hydrogens (tertiary/aromatic N) is 2. The van der Waals surface area contributed by atoms with Gasteiger partial charge in [-0.1, -0.05) is 42.5 Å². The van der Waals surface area contributed by atoms with Gasteiger partial charge in [-0.25, -0.2) is 0 Å². The molecular weight excluding hydrogens is 456 g/mol. The van der Waals surface area contributed by atoms with Gasteiger partial charge in [0, 0.05) is 38.0 Å². The third kappa shape index (κ3) is 4.40. The molecule has 2 heterocycles. The van der Waals surface area contributed by atoms with Crippen molar-refractivity contribution >= 4 is 23.1 Å². The van der Waals surface area contributed by atoms with E-state index in [9.17, 15) is 14.7 Å². The van der Waals surface area contributed by atoms with Crippen LogP contribution in [0.15, 0.2) is 84.1 Å². The minimum atomic E-state index is -0.764. The highest BCUT2D eigenvalue weighted by molar-refractivity contribution is 6.16. The molecule has 0 radical (unpaired) electrons. The summed E-state index contributed by atoms with van der Waals surface area (Å²) in [6.07, 6.45) is 0.693. The average molecular weight is 485 g/mol. The lowest BCUT2D eigenvalue weighted by atomic mass is 9.93. The number of hydrogen-bond donors (Lipinski definition) is 1. The first-order valence-corrected chi connectivity index (χ1v) is 11.9. The van der Waals surface area contributed by atoms with Crippen LogP contribution < -0.4 is 19.3 Å². The lowest BCUT2D eigenvalue weighted by Crippen LogP contribution is -2.31. The highest BCUT2D eigenvalue weighted by atomic mass is 16.6. The average Bonchev–Trinajstić information content (AvgIpc) is 3.17. The summed E-state index contributed by atoms with van der Waals surface area (Å²) < 4.78 is 11.3. The van der Waals surface area contributed by atoms with Crippen LogP contribution in [0.3, 0.4) is 0 Å². The Morgan fingerprint density at radius 3 is 2.36 bits per heavy atom. The predicted octanol–water partition coefficient (Wildman–Crippen LogP) is 4.63. The van der Waals surface area contributed by atoms with Crippen LogP contribution >= 0.6 is 0 Å². The van der Waals surface area contributed by atoms with E-state index in [1.54, 1.807) is 18.2 Å². The molecular formula is C29H28N2O5. The largest absolute Gasteiger partial charge is 0.503 e. The second kappa shape index (κ2) is 9.77. The molecule has 0 saturated heterocycles. The molecule has 184 valence electrons. The molecule has 2 aliphatic rings. The van der Waals surface area contributed by atoms with E-state index in [2.05, 4.69) is 0 Å². The summed E-state index contributed by atoms with van der Waals surface area (Å²) >= 11 is 0. The van der Waals surface area contributed by atoms with Crippen LogP contribution in [0.25, 0.3) is 0 Å². The second-order valence-corrected chi connectivity index (χ2v) is 9.06. The number of aliphatic hydroxyl groups excluding tert-OH is 1. The number of anilines is 2. The second-order valence-electron chi connectivity index (χ2n) is 9.06. The molecule has 0 spiro atoms. The number of Topliss-reactive ketones (excluding diaryl/α,β-unsaturated/α-hetero) is 1. The maximum absolute atomic E-state index is 13.5. The fourth-order valence-electron chi connectivity index (χ4n) is 4.65. The van der Waals surface area contributed by atoms with Crippen molar-refractivity contribution < 1.29 is 24.2 Å². The van der Waals surface area contributed by atoms with Crippen molar-refractivity contribution in [1.82, 2.24) is 0 Å². The van der Waals surface area contributed by atoms with E-state index >= 15 is 0 Å². The van der Waals surface area contributed by atoms with Crippen molar-refractivity contribution in [3.63, 3.8) is 0 Å². The molecule has 1 N–H and O–H groups in total. The van der Waals surface area contributed by atoms with E-state index in [0.29, 0.717) is 36.8 Å². The van der Waals surface area contributed by atoms with Gasteiger partial charge in [-0.05, 0) is 41.8 Å². The first-order valence-electron chi connectivity index (χ1n) is 11.9. The molecule has 3 aromatic carbocycles. The minimum Gasteiger partial charge on any atom is -0.503 e. The van der Waals surface area contributed by atoms with Crippen LogP contribution in [0, 0.1) is 0 Å². The first kappa shape index (κ1) is 23.5. The lowest BCUT2D eigenvalue weighted by molar-refractivity contribution is -0.118. The number of carbonyl (C=O) groups is 2. The van der Waals surface area contributed by atoms with Gasteiger partial charge >= 0.3 is 0 Å². The summed E-state index contributed by atoms with van der Waals surface area (Å²) in [7, 11) is 3.89. The first-order chi connectivity index (χ1) is 17.4. The van der Waals surface area contributed by atoms with Gasteiger partial charge in [0.2, 0.25) is 0 Å². The number of ether oxygens (including phenoxy) is 2. The molecule has 3 aromatic rings. The van der Waals surface area contributed by atoms with Gasteiger partial charge in [0.1, 0.15) is 13.2 Å². The summed E-state index contributed by atoms with van der Waals surface area (Å²) in [5.41, 5.74) is 3.37. The smallest absolute Gasteiger partial charge is 0.294 e. The molecule has 1 atom stereocenters. The zero-order valence-electron chi connectivity index (χ0n) is 20.3. The van der Waals surface area contributed by atoms with Gasteiger partial charge in [-0.2, -0.15) is 0 Å². The number of amides is 1. The van der Waals surface area contributed by atoms with Crippen LogP contribution in [0.1, 0.15) is 23.6 Å². The molecule has 1 unspecified atom stereocenters. The number of benzene rings is 3. The highest BCUT2D eigenvalue weighted by Crippen LogP contribution is 2.44. The van der Waals surface area contributed by atoms with Gasteiger partial charge in [-0.3, -0.25) is 14.5 Å². The topological polar surface area (TPSA) is 79.3 Å². The minimum absolute atomic E-state index is 0.114. The number of ketones is 1. The molecule has 7 heteroatoms. The molecule has 0 bridgehead atoms. The summed E-state index contributed by atoms with van der Waals surface area (Å²) in [6, 6.07) is 21.8. The van der Waals surface area contributed by atoms with Gasteiger partial charge in [0.15, 0.2) is 23.0 Å². The Hall–Kier alpha value is -4.26. The van der Waals surface area contributed by atoms with Gasteiger partial charge in [-0.15, -0.1) is 0 Å². The van der Waals surface area contributed by atoms with Gasteiger partial charge in [0.05, 0.1) is 11.6 Å². The number of hydrogen-bond acceptors (Lipinski definition) is 6. The zero-order chi connectivity index (χ0) is 25.2. The van der Waals surface area contributed by atoms with Gasteiger partial charge in [0.25, 0.3) is 5.91 Å². The maximum Gasteiger partial charge on any atom is 0.294 e. The van der Waals surface area contributed by atoms with Crippen LogP contribution in [-0.4, -0.2) is 44.1 Å². The normalized spacial score (nSPS) is 16.9. The van der Waals surface area contributed by atoms with E-state index in [4.69, 9.17) is 9.47 Å². The van der Waals surface area contributed by atoms with E-state index in [1.165, 1.54) is 4.90 Å². The quantitative estimate of drug-likeness (QED) is 0.527. The van der Waals surface area contributed by atoms with Crippen molar-refractivity contribution in [2.24, 2.45) is 0 Å². The standard InChI is InChI=1S/C29H28N2O5/c1-30(2)21-11-9-20(10-12-21)27-26(23(32)14-8-19-6-4-3-5-7-19)28(33)29(34)31(27)22-13-15-24-25(18-22)36-17-16-35-24/h3-7,9-13,15,18,27,33H,8,14,16-17H2,1-2H3. The molecule has 0 aliphatic carbocycles. The summed E-state index contributed by atoms with van der Waals surface area (Å²) in [6.45, 7) is 0.866. The van der Waals surface area contributed by atoms with Crippen LogP contribution in [-0.2, 0) is 16.0 Å². The zero-order valence-corrected chi connectivity index (χ0v) is 20.3. The Labute approximate surface area is 210 Å². The van der Waals surface area contributed by atoms with E-state index in [0.717, 1.165) is 16.8 Å². The van der Waals surface area contributed by atoms with Crippen LogP contribution in [0.4, 0.5) is 11.4 Å². The summed E-state index contributed by atoms with van der Waals surface area (Å²) in [5.74, 6) is -0.260. The fourth-order valence-corrected chi connectivity index (χ4v) is 4.65. The van der Waals surface area contributed by atoms with Crippen molar-refractivity contribution in [2.75, 3.05) is 37.1 Å². The van der Waals surface area contributed by atoms with Crippen molar-refractivity contribution in [1.29, 1.82) is 0 Å². The molecule has 7 nitrogen and oxygen atoms in total. The summed E-state index contributed by atoms with van der Waals surface area (Å²) in [4.78, 5) is 30.3. The number of rotatable bonds is 7. The molecule has 1 amide bonds. The molecule has 0 aromatic heterocycles. The van der Waals surface area contributed by atoms with Crippen molar-refractivity contribution in [2.45, 2.75) is 18.9 Å².